The molecule has 28 heavy (non-hydrogen) atoms. The highest BCUT2D eigenvalue weighted by Crippen LogP contribution is 2.36. The number of benzene rings is 2. The summed E-state index contributed by atoms with van der Waals surface area (Å²) in [6.07, 6.45) is 0. The van der Waals surface area contributed by atoms with Crippen LogP contribution >= 0.6 is 27.3 Å². The highest BCUT2D eigenvalue weighted by molar-refractivity contribution is 9.10. The molecule has 0 atom stereocenters. The normalized spacial score (nSPS) is 10.4. The van der Waals surface area contributed by atoms with Crippen LogP contribution in [0.15, 0.2) is 65.1 Å². The van der Waals surface area contributed by atoms with E-state index in [-0.39, 0.29) is 19.1 Å². The van der Waals surface area contributed by atoms with Gasteiger partial charge in [0.15, 0.2) is 6.61 Å². The van der Waals surface area contributed by atoms with Crippen molar-refractivity contribution in [3.63, 3.8) is 0 Å². The van der Waals surface area contributed by atoms with Gasteiger partial charge < -0.3 is 14.8 Å². The number of hydrogen-bond donors (Lipinski definition) is 1. The molecule has 0 saturated carbocycles. The zero-order valence-electron chi connectivity index (χ0n) is 15.1. The lowest BCUT2D eigenvalue weighted by Crippen LogP contribution is -2.21. The van der Waals surface area contributed by atoms with Gasteiger partial charge in [-0.1, -0.05) is 46.3 Å². The first-order chi connectivity index (χ1) is 13.6. The van der Waals surface area contributed by atoms with Crippen molar-refractivity contribution in [1.82, 2.24) is 0 Å². The highest BCUT2D eigenvalue weighted by atomic mass is 79.9. The van der Waals surface area contributed by atoms with Gasteiger partial charge in [-0.05, 0) is 42.8 Å². The Morgan fingerprint density at radius 1 is 1.07 bits per heavy atom. The minimum Gasteiger partial charge on any atom is -0.484 e. The Hall–Kier alpha value is -2.64. The Balaban J connectivity index is 1.78. The Morgan fingerprint density at radius 3 is 2.46 bits per heavy atom. The van der Waals surface area contributed by atoms with Gasteiger partial charge in [0.05, 0.1) is 12.3 Å². The molecule has 1 amide bonds. The van der Waals surface area contributed by atoms with Crippen LogP contribution in [0.3, 0.4) is 0 Å². The van der Waals surface area contributed by atoms with Gasteiger partial charge in [-0.3, -0.25) is 4.79 Å². The number of amides is 1. The average molecular weight is 460 g/mol. The second kappa shape index (κ2) is 9.52. The summed E-state index contributed by atoms with van der Waals surface area (Å²) in [5, 5.41) is 2.76. The van der Waals surface area contributed by atoms with Gasteiger partial charge in [-0.15, -0.1) is 11.3 Å². The lowest BCUT2D eigenvalue weighted by Gasteiger charge is -2.08. The van der Waals surface area contributed by atoms with E-state index in [9.17, 15) is 9.59 Å². The molecule has 0 radical (unpaired) electrons. The van der Waals surface area contributed by atoms with E-state index in [1.807, 2.05) is 42.5 Å². The molecule has 0 unspecified atom stereocenters. The Bertz CT molecular complexity index is 954. The van der Waals surface area contributed by atoms with Crippen molar-refractivity contribution in [1.29, 1.82) is 0 Å². The fourth-order valence-electron chi connectivity index (χ4n) is 2.44. The number of anilines is 1. The number of hydrogen-bond acceptors (Lipinski definition) is 5. The van der Waals surface area contributed by atoms with Crippen LogP contribution < -0.4 is 10.1 Å². The van der Waals surface area contributed by atoms with Crippen LogP contribution in [0.4, 0.5) is 5.69 Å². The minimum atomic E-state index is -0.463. The predicted molar refractivity (Wildman–Crippen MR) is 114 cm³/mol. The number of rotatable bonds is 7. The number of carbonyl (C=O) groups excluding carboxylic acids is 2. The summed E-state index contributed by atoms with van der Waals surface area (Å²) in [7, 11) is 0. The Morgan fingerprint density at radius 2 is 1.79 bits per heavy atom. The van der Waals surface area contributed by atoms with Gasteiger partial charge >= 0.3 is 5.97 Å². The summed E-state index contributed by atoms with van der Waals surface area (Å²) in [5.74, 6) is -0.214. The molecule has 1 heterocycles. The monoisotopic (exact) mass is 459 g/mol. The van der Waals surface area contributed by atoms with E-state index >= 15 is 0 Å². The Kier molecular flexibility index (Phi) is 6.84. The molecule has 0 aliphatic heterocycles. The molecular formula is C21H18BrNO4S. The summed E-state index contributed by atoms with van der Waals surface area (Å²) >= 11 is 4.69. The van der Waals surface area contributed by atoms with Crippen LogP contribution in [0.2, 0.25) is 0 Å². The van der Waals surface area contributed by atoms with E-state index in [4.69, 9.17) is 9.47 Å². The maximum absolute atomic E-state index is 12.3. The number of para-hydroxylation sites is 1. The lowest BCUT2D eigenvalue weighted by molar-refractivity contribution is -0.118. The average Bonchev–Trinajstić information content (AvgIpc) is 3.12. The van der Waals surface area contributed by atoms with Crippen LogP contribution in [-0.4, -0.2) is 25.1 Å². The minimum absolute atomic E-state index is 0.157. The zero-order valence-corrected chi connectivity index (χ0v) is 17.5. The van der Waals surface area contributed by atoms with Crippen molar-refractivity contribution in [2.45, 2.75) is 6.92 Å². The maximum atomic E-state index is 12.3. The van der Waals surface area contributed by atoms with Crippen molar-refractivity contribution in [2.75, 3.05) is 18.5 Å². The molecule has 0 fully saturated rings. The fraction of sp³-hybridized carbons (Fsp3) is 0.143. The van der Waals surface area contributed by atoms with E-state index in [2.05, 4.69) is 21.2 Å². The van der Waals surface area contributed by atoms with Gasteiger partial charge in [-0.2, -0.15) is 0 Å². The number of esters is 1. The largest absolute Gasteiger partial charge is 0.484 e. The van der Waals surface area contributed by atoms with Crippen LogP contribution in [0, 0.1) is 0 Å². The summed E-state index contributed by atoms with van der Waals surface area (Å²) in [6, 6.07) is 18.6. The van der Waals surface area contributed by atoms with E-state index < -0.39 is 5.97 Å². The fourth-order valence-corrected chi connectivity index (χ4v) is 3.72. The predicted octanol–water partition coefficient (Wildman–Crippen LogP) is 5.37. The SMILES string of the molecule is CCOC(=O)c1sc(-c2ccc(Br)cc2)cc1NC(=O)COc1ccccc1. The molecule has 1 N–H and O–H groups in total. The van der Waals surface area contributed by atoms with Crippen molar-refractivity contribution in [3.05, 3.63) is 70.0 Å². The van der Waals surface area contributed by atoms with Gasteiger partial charge in [0.1, 0.15) is 10.6 Å². The van der Waals surface area contributed by atoms with Gasteiger partial charge in [0, 0.05) is 9.35 Å². The molecule has 0 bridgehead atoms. The topological polar surface area (TPSA) is 64.6 Å². The number of halogens is 1. The molecule has 0 aliphatic carbocycles. The molecule has 0 saturated heterocycles. The third kappa shape index (κ3) is 5.21. The summed E-state index contributed by atoms with van der Waals surface area (Å²) in [4.78, 5) is 25.9. The van der Waals surface area contributed by atoms with Gasteiger partial charge in [-0.25, -0.2) is 4.79 Å². The lowest BCUT2D eigenvalue weighted by atomic mass is 10.2. The number of carbonyl (C=O) groups is 2. The van der Waals surface area contributed by atoms with Crippen LogP contribution in [0.25, 0.3) is 10.4 Å². The van der Waals surface area contributed by atoms with Gasteiger partial charge in [0.2, 0.25) is 0 Å². The van der Waals surface area contributed by atoms with Crippen molar-refractivity contribution >= 4 is 44.8 Å². The molecule has 5 nitrogen and oxygen atoms in total. The van der Waals surface area contributed by atoms with Crippen LogP contribution in [0.1, 0.15) is 16.6 Å². The maximum Gasteiger partial charge on any atom is 0.350 e. The number of thiophene rings is 1. The first-order valence-corrected chi connectivity index (χ1v) is 10.2. The third-order valence-corrected chi connectivity index (χ3v) is 5.40. The smallest absolute Gasteiger partial charge is 0.350 e. The standard InChI is InChI=1S/C21H18BrNO4S/c1-2-26-21(25)20-17(12-18(28-20)14-8-10-15(22)11-9-14)23-19(24)13-27-16-6-4-3-5-7-16/h3-12H,2,13H2,1H3,(H,23,24). The van der Waals surface area contributed by atoms with Crippen molar-refractivity contribution < 1.29 is 19.1 Å². The van der Waals surface area contributed by atoms with E-state index in [0.717, 1.165) is 14.9 Å². The van der Waals surface area contributed by atoms with E-state index in [1.54, 1.807) is 25.1 Å². The molecule has 2 aromatic carbocycles. The molecule has 0 aliphatic rings. The van der Waals surface area contributed by atoms with E-state index in [1.165, 1.54) is 11.3 Å². The summed E-state index contributed by atoms with van der Waals surface area (Å²) in [6.45, 7) is 1.84. The second-order valence-electron chi connectivity index (χ2n) is 5.73. The first-order valence-electron chi connectivity index (χ1n) is 8.61. The second-order valence-corrected chi connectivity index (χ2v) is 7.70. The highest BCUT2D eigenvalue weighted by Gasteiger charge is 2.20. The first kappa shape index (κ1) is 20.1. The van der Waals surface area contributed by atoms with Crippen molar-refractivity contribution in [3.8, 4) is 16.2 Å². The molecule has 144 valence electrons. The van der Waals surface area contributed by atoms with Crippen LogP contribution in [0.5, 0.6) is 5.75 Å². The van der Waals surface area contributed by atoms with Crippen LogP contribution in [-0.2, 0) is 9.53 Å². The summed E-state index contributed by atoms with van der Waals surface area (Å²) in [5.41, 5.74) is 1.36. The number of ether oxygens (including phenoxy) is 2. The molecule has 3 aromatic rings. The third-order valence-electron chi connectivity index (χ3n) is 3.71. The van der Waals surface area contributed by atoms with E-state index in [0.29, 0.717) is 16.3 Å². The molecule has 1 aromatic heterocycles. The molecule has 3 rings (SSSR count). The van der Waals surface area contributed by atoms with Crippen molar-refractivity contribution in [2.24, 2.45) is 0 Å². The molecule has 7 heteroatoms. The Labute approximate surface area is 175 Å². The number of nitrogens with one attached hydrogen (secondary N) is 1. The summed E-state index contributed by atoms with van der Waals surface area (Å²) < 4.78 is 11.6. The molecular weight excluding hydrogens is 442 g/mol. The quantitative estimate of drug-likeness (QED) is 0.482. The zero-order chi connectivity index (χ0) is 19.9. The van der Waals surface area contributed by atoms with Gasteiger partial charge in [0.25, 0.3) is 5.91 Å². The molecule has 0 spiro atoms.